The first kappa shape index (κ1) is 13.8. The van der Waals surface area contributed by atoms with Crippen molar-refractivity contribution in [2.24, 2.45) is 11.5 Å². The molecule has 0 aromatic heterocycles. The molecule has 2 amide bonds. The summed E-state index contributed by atoms with van der Waals surface area (Å²) >= 11 is 0. The van der Waals surface area contributed by atoms with E-state index in [9.17, 15) is 9.59 Å². The topological polar surface area (TPSA) is 105 Å². The van der Waals surface area contributed by atoms with Crippen LogP contribution in [0.25, 0.3) is 0 Å². The highest BCUT2D eigenvalue weighted by molar-refractivity contribution is 5.71. The Balaban J connectivity index is 3.07. The van der Waals surface area contributed by atoms with Crippen molar-refractivity contribution in [1.82, 2.24) is 0 Å². The second-order valence-corrected chi connectivity index (χ2v) is 3.68. The minimum absolute atomic E-state index is 0.287. The monoisotopic (exact) mass is 252 g/mol. The van der Waals surface area contributed by atoms with E-state index in [2.05, 4.69) is 0 Å². The van der Waals surface area contributed by atoms with Crippen LogP contribution in [-0.4, -0.2) is 12.2 Å². The summed E-state index contributed by atoms with van der Waals surface area (Å²) in [4.78, 5) is 21.6. The lowest BCUT2D eigenvalue weighted by atomic mass is 10.1. The molecule has 0 saturated heterocycles. The van der Waals surface area contributed by atoms with Crippen molar-refractivity contribution < 1.29 is 19.1 Å². The molecule has 0 bridgehead atoms. The Hall–Kier alpha value is -2.24. The van der Waals surface area contributed by atoms with Crippen LogP contribution in [0.2, 0.25) is 0 Å². The van der Waals surface area contributed by atoms with Crippen molar-refractivity contribution in [2.45, 2.75) is 26.2 Å². The van der Waals surface area contributed by atoms with Gasteiger partial charge in [-0.3, -0.25) is 0 Å². The maximum atomic E-state index is 10.8. The van der Waals surface area contributed by atoms with E-state index in [0.717, 1.165) is 12.8 Å². The van der Waals surface area contributed by atoms with Gasteiger partial charge in [-0.1, -0.05) is 19.4 Å². The van der Waals surface area contributed by atoms with Crippen molar-refractivity contribution in [2.75, 3.05) is 0 Å². The van der Waals surface area contributed by atoms with E-state index in [1.54, 1.807) is 18.2 Å². The second-order valence-electron chi connectivity index (χ2n) is 3.68. The van der Waals surface area contributed by atoms with Crippen molar-refractivity contribution in [1.29, 1.82) is 0 Å². The molecule has 98 valence electrons. The number of unbranched alkanes of at least 4 members (excludes halogenated alkanes) is 1. The average Bonchev–Trinajstić information content (AvgIpc) is 2.26. The van der Waals surface area contributed by atoms with Crippen molar-refractivity contribution in [3.05, 3.63) is 23.8 Å². The van der Waals surface area contributed by atoms with Crippen LogP contribution in [0.15, 0.2) is 18.2 Å². The first-order valence-corrected chi connectivity index (χ1v) is 5.61. The minimum atomic E-state index is -0.913. The van der Waals surface area contributed by atoms with Gasteiger partial charge in [-0.25, -0.2) is 9.59 Å². The normalized spacial score (nSPS) is 9.83. The fourth-order valence-electron chi connectivity index (χ4n) is 1.55. The molecule has 0 aliphatic heterocycles. The Morgan fingerprint density at radius 3 is 2.00 bits per heavy atom. The van der Waals surface area contributed by atoms with Gasteiger partial charge in [-0.15, -0.1) is 0 Å². The molecule has 0 aliphatic carbocycles. The highest BCUT2D eigenvalue weighted by Gasteiger charge is 2.14. The number of hydrogen-bond acceptors (Lipinski definition) is 4. The summed E-state index contributed by atoms with van der Waals surface area (Å²) in [6.07, 6.45) is 0.575. The molecule has 6 nitrogen and oxygen atoms in total. The van der Waals surface area contributed by atoms with E-state index in [0.29, 0.717) is 12.0 Å². The average molecular weight is 252 g/mol. The molecule has 0 radical (unpaired) electrons. The molecular formula is C12H16N2O4. The Bertz CT molecular complexity index is 411. The molecule has 0 aliphatic rings. The lowest BCUT2D eigenvalue weighted by Crippen LogP contribution is -2.19. The summed E-state index contributed by atoms with van der Waals surface area (Å²) in [5.41, 5.74) is 10.6. The predicted molar refractivity (Wildman–Crippen MR) is 65.5 cm³/mol. The quantitative estimate of drug-likeness (QED) is 0.835. The van der Waals surface area contributed by atoms with Crippen LogP contribution in [0.4, 0.5) is 9.59 Å². The van der Waals surface area contributed by atoms with E-state index in [-0.39, 0.29) is 11.5 Å². The Kier molecular flexibility index (Phi) is 4.98. The highest BCUT2D eigenvalue weighted by Crippen LogP contribution is 2.30. The first-order chi connectivity index (χ1) is 8.54. The van der Waals surface area contributed by atoms with Gasteiger partial charge in [0.15, 0.2) is 0 Å². The van der Waals surface area contributed by atoms with Gasteiger partial charge < -0.3 is 20.9 Å². The largest absolute Gasteiger partial charge is 0.410 e. The van der Waals surface area contributed by atoms with Gasteiger partial charge in [-0.05, 0) is 25.0 Å². The third-order valence-electron chi connectivity index (χ3n) is 2.29. The van der Waals surface area contributed by atoms with E-state index >= 15 is 0 Å². The number of rotatable bonds is 5. The molecule has 1 aromatic carbocycles. The molecule has 0 saturated carbocycles. The van der Waals surface area contributed by atoms with Gasteiger partial charge in [-0.2, -0.15) is 0 Å². The number of benzene rings is 1. The molecule has 0 unspecified atom stereocenters. The molecule has 4 N–H and O–H groups in total. The van der Waals surface area contributed by atoms with Crippen LogP contribution in [0.3, 0.4) is 0 Å². The fourth-order valence-corrected chi connectivity index (χ4v) is 1.55. The standard InChI is InChI=1S/C12H16N2O4/c1-2-3-5-8-9(17-11(13)15)6-4-7-10(8)18-12(14)16/h4,6-7H,2-3,5H2,1H3,(H2,13,15)(H2,14,16). The number of amides is 2. The van der Waals surface area contributed by atoms with Crippen molar-refractivity contribution in [3.63, 3.8) is 0 Å². The zero-order valence-electron chi connectivity index (χ0n) is 10.1. The van der Waals surface area contributed by atoms with E-state index < -0.39 is 12.2 Å². The lowest BCUT2D eigenvalue weighted by Gasteiger charge is -2.12. The smallest absolute Gasteiger partial charge is 0.409 e. The summed E-state index contributed by atoms with van der Waals surface area (Å²) in [5.74, 6) is 0.574. The molecule has 18 heavy (non-hydrogen) atoms. The highest BCUT2D eigenvalue weighted by atomic mass is 16.6. The van der Waals surface area contributed by atoms with Crippen molar-refractivity contribution in [3.8, 4) is 11.5 Å². The number of primary amides is 2. The van der Waals surface area contributed by atoms with Crippen LogP contribution < -0.4 is 20.9 Å². The van der Waals surface area contributed by atoms with Crippen LogP contribution in [-0.2, 0) is 6.42 Å². The van der Waals surface area contributed by atoms with E-state index in [1.165, 1.54) is 0 Å². The zero-order valence-corrected chi connectivity index (χ0v) is 10.1. The second kappa shape index (κ2) is 6.48. The summed E-state index contributed by atoms with van der Waals surface area (Å²) < 4.78 is 9.74. The van der Waals surface area contributed by atoms with Gasteiger partial charge in [0.1, 0.15) is 11.5 Å². The molecule has 1 rings (SSSR count). The number of ether oxygens (including phenoxy) is 2. The van der Waals surface area contributed by atoms with E-state index in [1.807, 2.05) is 6.92 Å². The molecule has 6 heteroatoms. The van der Waals surface area contributed by atoms with Gasteiger partial charge in [0.25, 0.3) is 0 Å². The Labute approximate surface area is 105 Å². The van der Waals surface area contributed by atoms with Gasteiger partial charge in [0.05, 0.1) is 0 Å². The van der Waals surface area contributed by atoms with Gasteiger partial charge in [0, 0.05) is 5.56 Å². The Morgan fingerprint density at radius 1 is 1.11 bits per heavy atom. The summed E-state index contributed by atoms with van der Waals surface area (Å²) in [6, 6.07) is 4.76. The zero-order chi connectivity index (χ0) is 13.5. The van der Waals surface area contributed by atoms with Crippen LogP contribution in [0.5, 0.6) is 11.5 Å². The fraction of sp³-hybridized carbons (Fsp3) is 0.333. The first-order valence-electron chi connectivity index (χ1n) is 5.61. The lowest BCUT2D eigenvalue weighted by molar-refractivity contribution is 0.208. The molecule has 0 fully saturated rings. The molecular weight excluding hydrogens is 236 g/mol. The minimum Gasteiger partial charge on any atom is -0.410 e. The number of hydrogen-bond donors (Lipinski definition) is 2. The summed E-state index contributed by atoms with van der Waals surface area (Å²) in [6.45, 7) is 2.02. The Morgan fingerprint density at radius 2 is 1.61 bits per heavy atom. The maximum absolute atomic E-state index is 10.8. The molecule has 0 atom stereocenters. The summed E-state index contributed by atoms with van der Waals surface area (Å²) in [5, 5.41) is 0. The van der Waals surface area contributed by atoms with Gasteiger partial charge in [0.2, 0.25) is 0 Å². The van der Waals surface area contributed by atoms with Crippen LogP contribution in [0, 0.1) is 0 Å². The molecule has 0 spiro atoms. The van der Waals surface area contributed by atoms with Crippen molar-refractivity contribution >= 4 is 12.2 Å². The third kappa shape index (κ3) is 3.97. The third-order valence-corrected chi connectivity index (χ3v) is 2.29. The SMILES string of the molecule is CCCCc1c(OC(N)=O)cccc1OC(N)=O. The summed E-state index contributed by atoms with van der Waals surface area (Å²) in [7, 11) is 0. The number of nitrogens with two attached hydrogens (primary N) is 2. The maximum Gasteiger partial charge on any atom is 0.409 e. The van der Waals surface area contributed by atoms with Gasteiger partial charge >= 0.3 is 12.2 Å². The van der Waals surface area contributed by atoms with Crippen LogP contribution >= 0.6 is 0 Å². The predicted octanol–water partition coefficient (Wildman–Crippen LogP) is 1.94. The van der Waals surface area contributed by atoms with E-state index in [4.69, 9.17) is 20.9 Å². The molecule has 1 aromatic rings. The number of carbonyl (C=O) groups excluding carboxylic acids is 2. The molecule has 0 heterocycles. The number of carbonyl (C=O) groups is 2. The van der Waals surface area contributed by atoms with Crippen LogP contribution in [0.1, 0.15) is 25.3 Å².